The molecule has 0 radical (unpaired) electrons. The van der Waals surface area contributed by atoms with Crippen molar-refractivity contribution in [2.45, 2.75) is 19.1 Å². The van der Waals surface area contributed by atoms with E-state index in [2.05, 4.69) is 20.3 Å². The second kappa shape index (κ2) is 5.47. The maximum Gasteiger partial charge on any atom is 0.318 e. The summed E-state index contributed by atoms with van der Waals surface area (Å²) in [6.07, 6.45) is 3.26. The van der Waals surface area contributed by atoms with E-state index in [4.69, 9.17) is 4.74 Å². The Morgan fingerprint density at radius 2 is 2.17 bits per heavy atom. The van der Waals surface area contributed by atoms with E-state index in [1.807, 2.05) is 0 Å². The Kier molecular flexibility index (Phi) is 3.30. The molecule has 0 saturated carbocycles. The van der Waals surface area contributed by atoms with Crippen LogP contribution >= 0.6 is 0 Å². The van der Waals surface area contributed by atoms with E-state index >= 15 is 0 Å². The minimum Gasteiger partial charge on any atom is -0.479 e. The Hall–Kier alpha value is -2.74. The number of para-hydroxylation sites is 1. The molecule has 1 aliphatic heterocycles. The SMILES string of the molecule is Oc1nc(Nc2ccccc2F)c2ncn(C3CCCO3)c2n1. The quantitative estimate of drug-likeness (QED) is 0.773. The summed E-state index contributed by atoms with van der Waals surface area (Å²) in [5.41, 5.74) is 1.14. The van der Waals surface area contributed by atoms with Crippen LogP contribution < -0.4 is 5.32 Å². The fourth-order valence-electron chi connectivity index (χ4n) is 2.67. The molecule has 0 aliphatic carbocycles. The normalized spacial score (nSPS) is 17.7. The maximum absolute atomic E-state index is 13.8. The van der Waals surface area contributed by atoms with E-state index in [1.54, 1.807) is 29.1 Å². The number of aromatic hydroxyl groups is 1. The molecule has 3 aromatic rings. The van der Waals surface area contributed by atoms with Gasteiger partial charge in [0.15, 0.2) is 17.0 Å². The summed E-state index contributed by atoms with van der Waals surface area (Å²) < 4.78 is 21.2. The van der Waals surface area contributed by atoms with Crippen LogP contribution in [0.2, 0.25) is 0 Å². The molecule has 0 amide bonds. The van der Waals surface area contributed by atoms with E-state index in [1.165, 1.54) is 6.07 Å². The summed E-state index contributed by atoms with van der Waals surface area (Å²) >= 11 is 0. The zero-order valence-corrected chi connectivity index (χ0v) is 12.1. The molecule has 4 rings (SSSR count). The van der Waals surface area contributed by atoms with E-state index in [9.17, 15) is 9.50 Å². The lowest BCUT2D eigenvalue weighted by Crippen LogP contribution is -2.07. The molecule has 2 N–H and O–H groups in total. The molecule has 1 aromatic carbocycles. The van der Waals surface area contributed by atoms with Crippen molar-refractivity contribution in [3.05, 3.63) is 36.4 Å². The van der Waals surface area contributed by atoms with Gasteiger partial charge in [0, 0.05) is 6.61 Å². The number of hydrogen-bond donors (Lipinski definition) is 2. The third-order valence-corrected chi connectivity index (χ3v) is 3.75. The van der Waals surface area contributed by atoms with Gasteiger partial charge in [0.2, 0.25) is 0 Å². The fourth-order valence-corrected chi connectivity index (χ4v) is 2.67. The molecule has 2 aromatic heterocycles. The van der Waals surface area contributed by atoms with E-state index in [0.717, 1.165) is 12.8 Å². The van der Waals surface area contributed by atoms with Gasteiger partial charge in [0.25, 0.3) is 0 Å². The Labute approximate surface area is 130 Å². The van der Waals surface area contributed by atoms with Crippen LogP contribution in [0.25, 0.3) is 11.2 Å². The average molecular weight is 315 g/mol. The van der Waals surface area contributed by atoms with Crippen LogP contribution in [0.4, 0.5) is 15.9 Å². The molecule has 1 aliphatic rings. The third kappa shape index (κ3) is 2.46. The lowest BCUT2D eigenvalue weighted by atomic mass is 10.3. The molecule has 0 bridgehead atoms. The molecule has 7 nitrogen and oxygen atoms in total. The molecule has 8 heteroatoms. The summed E-state index contributed by atoms with van der Waals surface area (Å²) in [6, 6.07) is 5.81. The Morgan fingerprint density at radius 1 is 1.30 bits per heavy atom. The van der Waals surface area contributed by atoms with Gasteiger partial charge in [-0.1, -0.05) is 12.1 Å². The minimum absolute atomic E-state index is 0.157. The number of imidazole rings is 1. The van der Waals surface area contributed by atoms with Crippen LogP contribution in [0, 0.1) is 5.82 Å². The highest BCUT2D eigenvalue weighted by Gasteiger charge is 2.22. The molecule has 1 unspecified atom stereocenters. The van der Waals surface area contributed by atoms with Crippen LogP contribution in [0.15, 0.2) is 30.6 Å². The standard InChI is InChI=1S/C15H14FN5O2/c16-9-4-1-2-5-10(9)18-13-12-14(20-15(22)19-13)21(8-17-12)11-6-3-7-23-11/h1-2,4-5,8,11H,3,6-7H2,(H2,18,19,20,22). The van der Waals surface area contributed by atoms with Gasteiger partial charge in [-0.15, -0.1) is 0 Å². The number of fused-ring (bicyclic) bond motifs is 1. The summed E-state index contributed by atoms with van der Waals surface area (Å²) in [6.45, 7) is 0.682. The molecule has 23 heavy (non-hydrogen) atoms. The smallest absolute Gasteiger partial charge is 0.318 e. The van der Waals surface area contributed by atoms with Crippen molar-refractivity contribution in [2.24, 2.45) is 0 Å². The van der Waals surface area contributed by atoms with E-state index in [0.29, 0.717) is 17.8 Å². The first-order valence-electron chi connectivity index (χ1n) is 7.29. The van der Waals surface area contributed by atoms with Crippen LogP contribution in [0.3, 0.4) is 0 Å². The molecule has 0 spiro atoms. The topological polar surface area (TPSA) is 85.1 Å². The summed E-state index contributed by atoms with van der Waals surface area (Å²) in [7, 11) is 0. The number of hydrogen-bond acceptors (Lipinski definition) is 6. The Balaban J connectivity index is 1.79. The lowest BCUT2D eigenvalue weighted by Gasteiger charge is -2.12. The molecule has 1 fully saturated rings. The Morgan fingerprint density at radius 3 is 2.96 bits per heavy atom. The molecular weight excluding hydrogens is 301 g/mol. The molecule has 1 atom stereocenters. The van der Waals surface area contributed by atoms with Gasteiger partial charge in [-0.2, -0.15) is 9.97 Å². The van der Waals surface area contributed by atoms with Gasteiger partial charge < -0.3 is 15.2 Å². The van der Waals surface area contributed by atoms with Gasteiger partial charge in [0.05, 0.1) is 12.0 Å². The minimum atomic E-state index is -0.419. The second-order valence-corrected chi connectivity index (χ2v) is 5.27. The zero-order chi connectivity index (χ0) is 15.8. The number of nitrogens with zero attached hydrogens (tertiary/aromatic N) is 4. The fraction of sp³-hybridized carbons (Fsp3) is 0.267. The van der Waals surface area contributed by atoms with Gasteiger partial charge in [0.1, 0.15) is 12.0 Å². The first kappa shape index (κ1) is 13.9. The zero-order valence-electron chi connectivity index (χ0n) is 12.1. The Bertz CT molecular complexity index is 860. The van der Waals surface area contributed by atoms with Crippen molar-refractivity contribution < 1.29 is 14.2 Å². The largest absolute Gasteiger partial charge is 0.479 e. The maximum atomic E-state index is 13.8. The highest BCUT2D eigenvalue weighted by atomic mass is 19.1. The van der Waals surface area contributed by atoms with Crippen molar-refractivity contribution in [3.63, 3.8) is 0 Å². The van der Waals surface area contributed by atoms with Crippen LogP contribution in [0.5, 0.6) is 6.01 Å². The van der Waals surface area contributed by atoms with Crippen molar-refractivity contribution >= 4 is 22.7 Å². The summed E-state index contributed by atoms with van der Waals surface area (Å²) in [5.74, 6) is -0.174. The number of benzene rings is 1. The van der Waals surface area contributed by atoms with Gasteiger partial charge in [-0.25, -0.2) is 9.37 Å². The number of anilines is 2. The van der Waals surface area contributed by atoms with Crippen LogP contribution in [0.1, 0.15) is 19.1 Å². The molecule has 3 heterocycles. The lowest BCUT2D eigenvalue weighted by molar-refractivity contribution is 0.0592. The van der Waals surface area contributed by atoms with Crippen LogP contribution in [-0.4, -0.2) is 31.2 Å². The van der Waals surface area contributed by atoms with Gasteiger partial charge in [-0.3, -0.25) is 4.57 Å². The first-order valence-corrected chi connectivity index (χ1v) is 7.29. The molecular formula is C15H14FN5O2. The van der Waals surface area contributed by atoms with E-state index < -0.39 is 11.8 Å². The number of halogens is 1. The van der Waals surface area contributed by atoms with E-state index in [-0.39, 0.29) is 17.7 Å². The number of ether oxygens (including phenoxy) is 1. The van der Waals surface area contributed by atoms with Gasteiger partial charge in [-0.05, 0) is 25.0 Å². The number of nitrogens with one attached hydrogen (secondary N) is 1. The first-order chi connectivity index (χ1) is 11.2. The highest BCUT2D eigenvalue weighted by molar-refractivity contribution is 5.85. The van der Waals surface area contributed by atoms with Crippen LogP contribution in [-0.2, 0) is 4.74 Å². The van der Waals surface area contributed by atoms with Crippen molar-refractivity contribution in [2.75, 3.05) is 11.9 Å². The van der Waals surface area contributed by atoms with Crippen molar-refractivity contribution in [1.82, 2.24) is 19.5 Å². The summed E-state index contributed by atoms with van der Waals surface area (Å²) in [5, 5.41) is 12.7. The van der Waals surface area contributed by atoms with Gasteiger partial charge >= 0.3 is 6.01 Å². The third-order valence-electron chi connectivity index (χ3n) is 3.75. The molecule has 1 saturated heterocycles. The van der Waals surface area contributed by atoms with Crippen molar-refractivity contribution in [3.8, 4) is 6.01 Å². The number of rotatable bonds is 3. The monoisotopic (exact) mass is 315 g/mol. The van der Waals surface area contributed by atoms with Crippen molar-refractivity contribution in [1.29, 1.82) is 0 Å². The summed E-state index contributed by atoms with van der Waals surface area (Å²) in [4.78, 5) is 12.3. The molecule has 118 valence electrons. The second-order valence-electron chi connectivity index (χ2n) is 5.27. The predicted octanol–water partition coefficient (Wildman–Crippen LogP) is 2.72. The highest BCUT2D eigenvalue weighted by Crippen LogP contribution is 2.30. The average Bonchev–Trinajstić information content (AvgIpc) is 3.18. The predicted molar refractivity (Wildman–Crippen MR) is 80.9 cm³/mol. The number of aromatic nitrogens is 4.